The summed E-state index contributed by atoms with van der Waals surface area (Å²) in [7, 11) is 0. The highest BCUT2D eigenvalue weighted by Gasteiger charge is 2.29. The van der Waals surface area contributed by atoms with Crippen molar-refractivity contribution >= 4 is 11.8 Å². The number of rotatable bonds is 4. The lowest BCUT2D eigenvalue weighted by molar-refractivity contribution is -0.131. The van der Waals surface area contributed by atoms with E-state index in [1.165, 1.54) is 6.08 Å². The van der Waals surface area contributed by atoms with Gasteiger partial charge in [0.05, 0.1) is 0 Å². The molecule has 3 heteroatoms. The molecule has 2 atom stereocenters. The van der Waals surface area contributed by atoms with E-state index in [0.717, 1.165) is 17.6 Å². The van der Waals surface area contributed by atoms with Gasteiger partial charge in [0.15, 0.2) is 5.78 Å². The fraction of sp³-hybridized carbons (Fsp3) is 0.474. The van der Waals surface area contributed by atoms with Crippen LogP contribution >= 0.6 is 0 Å². The Bertz CT molecular complexity index is 594. The lowest BCUT2D eigenvalue weighted by atomic mass is 9.75. The van der Waals surface area contributed by atoms with Crippen LogP contribution in [0, 0.1) is 23.7 Å². The third kappa shape index (κ3) is 5.04. The summed E-state index contributed by atoms with van der Waals surface area (Å²) in [6, 6.07) is 0. The van der Waals surface area contributed by atoms with Gasteiger partial charge in [-0.05, 0) is 25.3 Å². The fourth-order valence-electron chi connectivity index (χ4n) is 2.74. The highest BCUT2D eigenvalue weighted by molar-refractivity contribution is 5.97. The van der Waals surface area contributed by atoms with Crippen molar-refractivity contribution in [3.63, 3.8) is 0 Å². The number of carboxylic acids is 1. The van der Waals surface area contributed by atoms with Crippen LogP contribution in [-0.2, 0) is 9.59 Å². The fourth-order valence-corrected chi connectivity index (χ4v) is 2.74. The van der Waals surface area contributed by atoms with E-state index in [2.05, 4.69) is 18.8 Å². The summed E-state index contributed by atoms with van der Waals surface area (Å²) in [6.45, 7) is 7.79. The van der Waals surface area contributed by atoms with E-state index in [1.807, 2.05) is 26.0 Å². The molecule has 118 valence electrons. The minimum atomic E-state index is -0.947. The van der Waals surface area contributed by atoms with Gasteiger partial charge in [0.2, 0.25) is 0 Å². The van der Waals surface area contributed by atoms with E-state index in [9.17, 15) is 9.59 Å². The Morgan fingerprint density at radius 3 is 2.68 bits per heavy atom. The minimum Gasteiger partial charge on any atom is -0.478 e. The maximum absolute atomic E-state index is 12.2. The quantitative estimate of drug-likeness (QED) is 0.486. The van der Waals surface area contributed by atoms with Gasteiger partial charge >= 0.3 is 5.97 Å². The molecule has 2 unspecified atom stereocenters. The Morgan fingerprint density at radius 2 is 2.09 bits per heavy atom. The van der Waals surface area contributed by atoms with E-state index in [0.29, 0.717) is 18.4 Å². The lowest BCUT2D eigenvalue weighted by Gasteiger charge is -2.29. The third-order valence-corrected chi connectivity index (χ3v) is 3.92. The molecule has 0 aliphatic heterocycles. The number of carbonyl (C=O) groups excluding carboxylic acids is 1. The molecule has 0 fully saturated rings. The zero-order valence-corrected chi connectivity index (χ0v) is 13.8. The van der Waals surface area contributed by atoms with Gasteiger partial charge < -0.3 is 5.11 Å². The molecule has 1 aliphatic carbocycles. The van der Waals surface area contributed by atoms with Crippen molar-refractivity contribution in [1.29, 1.82) is 0 Å². The van der Waals surface area contributed by atoms with Crippen LogP contribution in [0.4, 0.5) is 0 Å². The molecule has 0 aromatic rings. The molecule has 0 aromatic carbocycles. The van der Waals surface area contributed by atoms with Gasteiger partial charge in [0.25, 0.3) is 0 Å². The summed E-state index contributed by atoms with van der Waals surface area (Å²) in [6.07, 6.45) is 6.84. The molecule has 0 amide bonds. The van der Waals surface area contributed by atoms with Crippen LogP contribution in [0.2, 0.25) is 0 Å². The smallest absolute Gasteiger partial charge is 0.328 e. The maximum atomic E-state index is 12.2. The lowest BCUT2D eigenvalue weighted by Crippen LogP contribution is -2.24. The van der Waals surface area contributed by atoms with Gasteiger partial charge in [-0.25, -0.2) is 4.79 Å². The number of hydrogen-bond donors (Lipinski definition) is 1. The van der Waals surface area contributed by atoms with Crippen LogP contribution in [0.15, 0.2) is 34.9 Å². The summed E-state index contributed by atoms with van der Waals surface area (Å²) in [4.78, 5) is 22.9. The van der Waals surface area contributed by atoms with Crippen LogP contribution in [-0.4, -0.2) is 16.9 Å². The Hall–Kier alpha value is -2.08. The zero-order chi connectivity index (χ0) is 16.7. The number of Topliss-reactive ketones (excluding diaryl/α,β-unsaturated/α-hetero) is 1. The Labute approximate surface area is 132 Å². The molecule has 1 rings (SSSR count). The predicted octanol–water partition coefficient (Wildman–Crippen LogP) is 3.92. The molecule has 0 saturated heterocycles. The van der Waals surface area contributed by atoms with Crippen LogP contribution < -0.4 is 0 Å². The van der Waals surface area contributed by atoms with Crippen LogP contribution in [0.25, 0.3) is 0 Å². The Kier molecular flexibility index (Phi) is 6.85. The Balaban J connectivity index is 3.03. The van der Waals surface area contributed by atoms with Gasteiger partial charge in [0, 0.05) is 36.8 Å². The standard InChI is InChI=1S/C19H24O3/c1-5-6-7-8-17-15(4)16(14(3)12-18(17)20)10-9-13(2)11-19(21)22/h9-11,14,16H,5,8,12H2,1-4H3,(H,21,22)/b10-9+,13-11-. The molecular formula is C19H24O3. The molecule has 0 saturated carbocycles. The number of hydrogen-bond acceptors (Lipinski definition) is 2. The van der Waals surface area contributed by atoms with Gasteiger partial charge in [-0.1, -0.05) is 37.5 Å². The van der Waals surface area contributed by atoms with E-state index in [1.54, 1.807) is 6.92 Å². The van der Waals surface area contributed by atoms with Crippen molar-refractivity contribution < 1.29 is 14.7 Å². The topological polar surface area (TPSA) is 54.4 Å². The number of aliphatic carboxylic acids is 1. The molecule has 22 heavy (non-hydrogen) atoms. The van der Waals surface area contributed by atoms with E-state index in [4.69, 9.17) is 5.11 Å². The van der Waals surface area contributed by atoms with Crippen molar-refractivity contribution in [2.24, 2.45) is 11.8 Å². The van der Waals surface area contributed by atoms with Gasteiger partial charge in [-0.2, -0.15) is 0 Å². The Morgan fingerprint density at radius 1 is 1.41 bits per heavy atom. The number of allylic oxidation sites excluding steroid dienone is 5. The monoisotopic (exact) mass is 300 g/mol. The van der Waals surface area contributed by atoms with Crippen molar-refractivity contribution in [2.45, 2.75) is 47.0 Å². The van der Waals surface area contributed by atoms with E-state index >= 15 is 0 Å². The number of carboxylic acid groups (broad SMARTS) is 1. The minimum absolute atomic E-state index is 0.160. The summed E-state index contributed by atoms with van der Waals surface area (Å²) in [5.74, 6) is 5.69. The summed E-state index contributed by atoms with van der Waals surface area (Å²) >= 11 is 0. The highest BCUT2D eigenvalue weighted by atomic mass is 16.4. The molecule has 0 spiro atoms. The molecule has 0 bridgehead atoms. The molecule has 1 N–H and O–H groups in total. The van der Waals surface area contributed by atoms with Gasteiger partial charge in [0.1, 0.15) is 0 Å². The number of carbonyl (C=O) groups is 2. The average Bonchev–Trinajstić information content (AvgIpc) is 2.41. The third-order valence-electron chi connectivity index (χ3n) is 3.92. The first-order valence-corrected chi connectivity index (χ1v) is 7.64. The molecule has 0 heterocycles. The normalized spacial score (nSPS) is 22.7. The predicted molar refractivity (Wildman–Crippen MR) is 88.2 cm³/mol. The molecular weight excluding hydrogens is 276 g/mol. The van der Waals surface area contributed by atoms with Gasteiger partial charge in [-0.15, -0.1) is 5.92 Å². The summed E-state index contributed by atoms with van der Waals surface area (Å²) in [5.41, 5.74) is 2.58. The van der Waals surface area contributed by atoms with Crippen molar-refractivity contribution in [2.75, 3.05) is 0 Å². The number of ketones is 1. The van der Waals surface area contributed by atoms with Gasteiger partial charge in [-0.3, -0.25) is 4.79 Å². The van der Waals surface area contributed by atoms with E-state index in [-0.39, 0.29) is 17.6 Å². The molecule has 1 aliphatic rings. The average molecular weight is 300 g/mol. The first-order valence-electron chi connectivity index (χ1n) is 7.64. The molecule has 3 nitrogen and oxygen atoms in total. The van der Waals surface area contributed by atoms with Crippen molar-refractivity contribution in [3.05, 3.63) is 34.9 Å². The van der Waals surface area contributed by atoms with Crippen LogP contribution in [0.1, 0.15) is 47.0 Å². The van der Waals surface area contributed by atoms with Crippen LogP contribution in [0.5, 0.6) is 0 Å². The van der Waals surface area contributed by atoms with Crippen molar-refractivity contribution in [1.82, 2.24) is 0 Å². The second-order valence-corrected chi connectivity index (χ2v) is 5.76. The van der Waals surface area contributed by atoms with E-state index < -0.39 is 5.97 Å². The molecule has 0 aromatic heterocycles. The molecule has 0 radical (unpaired) electrons. The largest absolute Gasteiger partial charge is 0.478 e. The summed E-state index contributed by atoms with van der Waals surface area (Å²) in [5, 5.41) is 8.74. The first kappa shape index (κ1) is 18.0. The highest BCUT2D eigenvalue weighted by Crippen LogP contribution is 2.34. The zero-order valence-electron chi connectivity index (χ0n) is 13.8. The van der Waals surface area contributed by atoms with Crippen LogP contribution in [0.3, 0.4) is 0 Å². The second-order valence-electron chi connectivity index (χ2n) is 5.76. The van der Waals surface area contributed by atoms with Crippen molar-refractivity contribution in [3.8, 4) is 11.8 Å². The summed E-state index contributed by atoms with van der Waals surface area (Å²) < 4.78 is 0. The first-order chi connectivity index (χ1) is 10.4. The second kappa shape index (κ2) is 8.38. The SMILES string of the molecule is CCC#CCC1=C(C)C(/C=C/C(C)=C\C(=O)O)C(C)CC1=O. The maximum Gasteiger partial charge on any atom is 0.328 e.